The van der Waals surface area contributed by atoms with Crippen LogP contribution in [0.25, 0.3) is 21.2 Å². The zero-order valence-electron chi connectivity index (χ0n) is 15.3. The maximum atomic E-state index is 13.4. The Balaban J connectivity index is 1.31. The fourth-order valence-corrected chi connectivity index (χ4v) is 4.93. The topological polar surface area (TPSA) is 64.1 Å². The zero-order valence-corrected chi connectivity index (χ0v) is 16.1. The van der Waals surface area contributed by atoms with Gasteiger partial charge in [0.05, 0.1) is 10.5 Å². The molecule has 1 aliphatic heterocycles. The fraction of sp³-hybridized carbons (Fsp3) is 0.381. The van der Waals surface area contributed by atoms with Crippen molar-refractivity contribution in [2.75, 3.05) is 11.9 Å². The van der Waals surface area contributed by atoms with Crippen LogP contribution < -0.4 is 5.32 Å². The van der Waals surface area contributed by atoms with Crippen LogP contribution in [0.3, 0.4) is 0 Å². The number of fused-ring (bicyclic) bond motifs is 1. The molecule has 1 atom stereocenters. The lowest BCUT2D eigenvalue weighted by atomic mass is 9.72. The normalized spacial score (nSPS) is 20.8. The minimum Gasteiger partial charge on any atom is -0.375 e. The first-order valence-electron chi connectivity index (χ1n) is 9.57. The van der Waals surface area contributed by atoms with Gasteiger partial charge in [-0.2, -0.15) is 4.39 Å². The quantitative estimate of drug-likeness (QED) is 0.646. The van der Waals surface area contributed by atoms with Crippen molar-refractivity contribution in [2.45, 2.75) is 37.7 Å². The average molecular weight is 397 g/mol. The molecule has 2 fully saturated rings. The molecule has 144 valence electrons. The standard InChI is InChI=1S/C21H20FN3O2S/c22-18-9-16-8-13(2-3-15(16)11-23-18)17-12-24-20(28-17)25-19(26)14-4-7-27-21(10-14)5-1-6-21/h2-3,8-9,11-12,14H,1,4-7,10H2,(H,24,25,26). The lowest BCUT2D eigenvalue weighted by Gasteiger charge is -2.46. The van der Waals surface area contributed by atoms with Gasteiger partial charge in [-0.1, -0.05) is 23.5 Å². The maximum absolute atomic E-state index is 13.4. The maximum Gasteiger partial charge on any atom is 0.229 e. The first kappa shape index (κ1) is 17.7. The molecule has 1 aromatic carbocycles. The third-order valence-corrected chi connectivity index (χ3v) is 6.80. The van der Waals surface area contributed by atoms with Crippen molar-refractivity contribution in [3.63, 3.8) is 0 Å². The monoisotopic (exact) mass is 397 g/mol. The first-order chi connectivity index (χ1) is 13.6. The molecule has 1 spiro atoms. The third kappa shape index (κ3) is 3.29. The van der Waals surface area contributed by atoms with Crippen LogP contribution in [0.5, 0.6) is 0 Å². The number of hydrogen-bond donors (Lipinski definition) is 1. The molecule has 1 saturated carbocycles. The number of halogens is 1. The molecule has 7 heteroatoms. The van der Waals surface area contributed by atoms with Crippen molar-refractivity contribution in [1.82, 2.24) is 9.97 Å². The number of aromatic nitrogens is 2. The van der Waals surface area contributed by atoms with Gasteiger partial charge < -0.3 is 10.1 Å². The molecular formula is C21H20FN3O2S. The van der Waals surface area contributed by atoms with E-state index in [2.05, 4.69) is 15.3 Å². The summed E-state index contributed by atoms with van der Waals surface area (Å²) in [6.07, 6.45) is 8.16. The van der Waals surface area contributed by atoms with Crippen molar-refractivity contribution in [3.05, 3.63) is 42.6 Å². The smallest absolute Gasteiger partial charge is 0.229 e. The summed E-state index contributed by atoms with van der Waals surface area (Å²) in [6, 6.07) is 7.21. The highest BCUT2D eigenvalue weighted by Gasteiger charge is 2.44. The van der Waals surface area contributed by atoms with Crippen LogP contribution in [-0.4, -0.2) is 28.1 Å². The summed E-state index contributed by atoms with van der Waals surface area (Å²) in [6.45, 7) is 0.656. The lowest BCUT2D eigenvalue weighted by molar-refractivity contribution is -0.153. The summed E-state index contributed by atoms with van der Waals surface area (Å²) in [4.78, 5) is 21.7. The number of benzene rings is 1. The van der Waals surface area contributed by atoms with Gasteiger partial charge in [0.25, 0.3) is 0 Å². The Labute approximate surface area is 166 Å². The fourth-order valence-electron chi connectivity index (χ4n) is 4.11. The third-order valence-electron chi connectivity index (χ3n) is 5.84. The van der Waals surface area contributed by atoms with Crippen LogP contribution in [0, 0.1) is 11.9 Å². The number of anilines is 1. The molecule has 1 saturated heterocycles. The zero-order chi connectivity index (χ0) is 19.1. The summed E-state index contributed by atoms with van der Waals surface area (Å²) >= 11 is 1.43. The highest BCUT2D eigenvalue weighted by atomic mass is 32.1. The Hall–Kier alpha value is -2.38. The molecule has 0 bridgehead atoms. The van der Waals surface area contributed by atoms with E-state index in [1.165, 1.54) is 30.0 Å². The highest BCUT2D eigenvalue weighted by Crippen LogP contribution is 2.44. The summed E-state index contributed by atoms with van der Waals surface area (Å²) in [5, 5.41) is 5.24. The molecule has 1 aliphatic carbocycles. The van der Waals surface area contributed by atoms with Crippen LogP contribution in [0.4, 0.5) is 9.52 Å². The summed E-state index contributed by atoms with van der Waals surface area (Å²) in [7, 11) is 0. The van der Waals surface area contributed by atoms with Crippen molar-refractivity contribution < 1.29 is 13.9 Å². The Bertz CT molecular complexity index is 1050. The lowest BCUT2D eigenvalue weighted by Crippen LogP contribution is -2.47. The molecule has 5 nitrogen and oxygen atoms in total. The van der Waals surface area contributed by atoms with Crippen LogP contribution in [0.15, 0.2) is 36.7 Å². The van der Waals surface area contributed by atoms with Crippen molar-refractivity contribution in [1.29, 1.82) is 0 Å². The molecule has 2 aromatic heterocycles. The molecule has 28 heavy (non-hydrogen) atoms. The summed E-state index contributed by atoms with van der Waals surface area (Å²) in [5.41, 5.74) is 0.888. The first-order valence-corrected chi connectivity index (χ1v) is 10.4. The number of rotatable bonds is 3. The van der Waals surface area contributed by atoms with Gasteiger partial charge in [-0.05, 0) is 49.1 Å². The molecule has 1 N–H and O–H groups in total. The van der Waals surface area contributed by atoms with Gasteiger partial charge in [0.1, 0.15) is 0 Å². The molecule has 2 aliphatic rings. The van der Waals surface area contributed by atoms with Gasteiger partial charge in [-0.25, -0.2) is 9.97 Å². The highest BCUT2D eigenvalue weighted by molar-refractivity contribution is 7.19. The molecular weight excluding hydrogens is 377 g/mol. The van der Waals surface area contributed by atoms with Crippen molar-refractivity contribution in [2.24, 2.45) is 5.92 Å². The van der Waals surface area contributed by atoms with E-state index < -0.39 is 5.95 Å². The number of ether oxygens (including phenoxy) is 1. The number of nitrogens with zero attached hydrogens (tertiary/aromatic N) is 2. The Kier molecular flexibility index (Phi) is 4.36. The van der Waals surface area contributed by atoms with E-state index in [0.717, 1.165) is 46.9 Å². The average Bonchev–Trinajstić information content (AvgIpc) is 3.14. The van der Waals surface area contributed by atoms with E-state index in [1.807, 2.05) is 18.2 Å². The summed E-state index contributed by atoms with van der Waals surface area (Å²) < 4.78 is 19.3. The van der Waals surface area contributed by atoms with Crippen molar-refractivity contribution >= 4 is 33.1 Å². The molecule has 0 radical (unpaired) electrons. The minimum atomic E-state index is -0.498. The predicted octanol–water partition coefficient (Wildman–Crippen LogP) is 4.79. The van der Waals surface area contributed by atoms with E-state index in [9.17, 15) is 9.18 Å². The molecule has 1 amide bonds. The van der Waals surface area contributed by atoms with Gasteiger partial charge in [0.15, 0.2) is 5.13 Å². The molecule has 5 rings (SSSR count). The van der Waals surface area contributed by atoms with Gasteiger partial charge >= 0.3 is 0 Å². The van der Waals surface area contributed by atoms with Gasteiger partial charge in [0, 0.05) is 36.4 Å². The van der Waals surface area contributed by atoms with Gasteiger partial charge in [-0.3, -0.25) is 4.79 Å². The van der Waals surface area contributed by atoms with Crippen LogP contribution >= 0.6 is 11.3 Å². The van der Waals surface area contributed by atoms with E-state index >= 15 is 0 Å². The Morgan fingerprint density at radius 3 is 2.93 bits per heavy atom. The number of hydrogen-bond acceptors (Lipinski definition) is 5. The van der Waals surface area contributed by atoms with Crippen molar-refractivity contribution in [3.8, 4) is 10.4 Å². The number of pyridine rings is 1. The second-order valence-corrected chi connectivity index (χ2v) is 8.69. The Morgan fingerprint density at radius 2 is 2.11 bits per heavy atom. The van der Waals surface area contributed by atoms with Gasteiger partial charge in [0.2, 0.25) is 11.9 Å². The predicted molar refractivity (Wildman–Crippen MR) is 107 cm³/mol. The van der Waals surface area contributed by atoms with Gasteiger partial charge in [-0.15, -0.1) is 0 Å². The number of carbonyl (C=O) groups excluding carboxylic acids is 1. The number of amides is 1. The molecule has 1 unspecified atom stereocenters. The van der Waals surface area contributed by atoms with Crippen LogP contribution in [0.2, 0.25) is 0 Å². The SMILES string of the molecule is O=C(Nc1ncc(-c2ccc3cnc(F)cc3c2)s1)C1CCOC2(CCC2)C1. The van der Waals surface area contributed by atoms with Crippen LogP contribution in [0.1, 0.15) is 32.1 Å². The second kappa shape index (κ2) is 6.90. The van der Waals surface area contributed by atoms with Crippen LogP contribution in [-0.2, 0) is 9.53 Å². The number of carbonyl (C=O) groups is 1. The second-order valence-electron chi connectivity index (χ2n) is 7.66. The summed E-state index contributed by atoms with van der Waals surface area (Å²) in [5.74, 6) is -0.484. The minimum absolute atomic E-state index is 0.0162. The van der Waals surface area contributed by atoms with E-state index in [0.29, 0.717) is 11.7 Å². The largest absolute Gasteiger partial charge is 0.375 e. The number of thiazole rings is 1. The van der Waals surface area contributed by atoms with E-state index in [1.54, 1.807) is 6.20 Å². The van der Waals surface area contributed by atoms with E-state index in [-0.39, 0.29) is 17.4 Å². The molecule has 3 heterocycles. The molecule has 3 aromatic rings. The van der Waals surface area contributed by atoms with E-state index in [4.69, 9.17) is 4.74 Å². The number of nitrogens with one attached hydrogen (secondary N) is 1. The Morgan fingerprint density at radius 1 is 1.21 bits per heavy atom.